The maximum Gasteiger partial charge on any atom is 0.342 e. The second kappa shape index (κ2) is 6.27. The molecule has 0 bridgehead atoms. The predicted octanol–water partition coefficient (Wildman–Crippen LogP) is 4.17. The van der Waals surface area contributed by atoms with Crippen LogP contribution >= 0.6 is 0 Å². The van der Waals surface area contributed by atoms with Gasteiger partial charge in [0.05, 0.1) is 7.05 Å². The number of rotatable bonds is 4. The Bertz CT molecular complexity index is 867. The predicted molar refractivity (Wildman–Crippen MR) is 90.7 cm³/mol. The van der Waals surface area contributed by atoms with Gasteiger partial charge in [0.15, 0.2) is 0 Å². The quantitative estimate of drug-likeness (QED) is 0.537. The highest BCUT2D eigenvalue weighted by Gasteiger charge is 2.14. The number of hydrogen-bond acceptors (Lipinski definition) is 3. The summed E-state index contributed by atoms with van der Waals surface area (Å²) in [6.45, 7) is 0. The van der Waals surface area contributed by atoms with Crippen molar-refractivity contribution >= 4 is 18.0 Å². The van der Waals surface area contributed by atoms with Gasteiger partial charge in [-0.3, -0.25) is 0 Å². The van der Waals surface area contributed by atoms with E-state index in [1.165, 1.54) is 10.8 Å². The third-order valence-corrected chi connectivity index (χ3v) is 3.64. The van der Waals surface area contributed by atoms with E-state index in [9.17, 15) is 10.1 Å². The van der Waals surface area contributed by atoms with Crippen LogP contribution in [0.3, 0.4) is 0 Å². The Morgan fingerprint density at radius 3 is 2.43 bits per heavy atom. The molecule has 0 saturated heterocycles. The summed E-state index contributed by atoms with van der Waals surface area (Å²) < 4.78 is 1.46. The number of aromatic nitrogens is 2. The molecule has 0 spiro atoms. The minimum absolute atomic E-state index is 0.0269. The Hall–Kier alpha value is -3.21. The van der Waals surface area contributed by atoms with Crippen molar-refractivity contribution in [3.05, 3.63) is 82.3 Å². The molecule has 0 radical (unpaired) electrons. The standard InChI is InChI=1S/C18H15N3O2/c1-20-17(19-13-18(20)21(22)23)12-11-15-9-5-6-10-16(15)14-7-3-2-4-8-14/h2-13H,1H3/b12-11+. The van der Waals surface area contributed by atoms with Gasteiger partial charge in [0.2, 0.25) is 5.82 Å². The first-order chi connectivity index (χ1) is 11.2. The van der Waals surface area contributed by atoms with Crippen LogP contribution in [0.15, 0.2) is 60.8 Å². The first kappa shape index (κ1) is 14.7. The topological polar surface area (TPSA) is 61.0 Å². The van der Waals surface area contributed by atoms with Crippen LogP contribution in [0.4, 0.5) is 5.82 Å². The van der Waals surface area contributed by atoms with Gasteiger partial charge in [-0.2, -0.15) is 0 Å². The molecule has 2 aromatic carbocycles. The van der Waals surface area contributed by atoms with Gasteiger partial charge in [0.25, 0.3) is 0 Å². The molecular formula is C18H15N3O2. The smallest absolute Gasteiger partial charge is 0.342 e. The van der Waals surface area contributed by atoms with Crippen LogP contribution in [0, 0.1) is 10.1 Å². The van der Waals surface area contributed by atoms with Crippen LogP contribution in [0.5, 0.6) is 0 Å². The zero-order valence-electron chi connectivity index (χ0n) is 12.6. The van der Waals surface area contributed by atoms with Crippen molar-refractivity contribution in [2.45, 2.75) is 0 Å². The largest absolute Gasteiger partial charge is 0.358 e. The van der Waals surface area contributed by atoms with Crippen LogP contribution in [0.2, 0.25) is 0 Å². The Labute approximate surface area is 133 Å². The van der Waals surface area contributed by atoms with Crippen molar-refractivity contribution in [3.63, 3.8) is 0 Å². The molecule has 5 heteroatoms. The Morgan fingerprint density at radius 1 is 1.04 bits per heavy atom. The molecule has 0 atom stereocenters. The molecule has 3 aromatic rings. The average molecular weight is 305 g/mol. The molecule has 1 heterocycles. The third-order valence-electron chi connectivity index (χ3n) is 3.64. The lowest BCUT2D eigenvalue weighted by molar-refractivity contribution is -0.391. The second-order valence-electron chi connectivity index (χ2n) is 5.08. The van der Waals surface area contributed by atoms with Crippen molar-refractivity contribution in [2.24, 2.45) is 7.05 Å². The fraction of sp³-hybridized carbons (Fsp3) is 0.0556. The molecule has 0 unspecified atom stereocenters. The van der Waals surface area contributed by atoms with Gasteiger partial charge in [-0.25, -0.2) is 9.55 Å². The summed E-state index contributed by atoms with van der Waals surface area (Å²) >= 11 is 0. The Kier molecular flexibility index (Phi) is 4.01. The van der Waals surface area contributed by atoms with E-state index < -0.39 is 4.92 Å². The van der Waals surface area contributed by atoms with E-state index in [1.54, 1.807) is 13.1 Å². The van der Waals surface area contributed by atoms with Crippen LogP contribution in [-0.4, -0.2) is 14.5 Å². The fourth-order valence-electron chi connectivity index (χ4n) is 2.43. The van der Waals surface area contributed by atoms with Crippen molar-refractivity contribution in [2.75, 3.05) is 0 Å². The van der Waals surface area contributed by atoms with Crippen LogP contribution in [0.1, 0.15) is 11.4 Å². The highest BCUT2D eigenvalue weighted by Crippen LogP contribution is 2.25. The third kappa shape index (κ3) is 3.03. The lowest BCUT2D eigenvalue weighted by atomic mass is 9.99. The summed E-state index contributed by atoms with van der Waals surface area (Å²) in [4.78, 5) is 14.5. The van der Waals surface area contributed by atoms with Crippen LogP contribution < -0.4 is 0 Å². The zero-order chi connectivity index (χ0) is 16.2. The van der Waals surface area contributed by atoms with Gasteiger partial charge in [-0.15, -0.1) is 0 Å². The molecule has 114 valence electrons. The minimum Gasteiger partial charge on any atom is -0.358 e. The first-order valence-corrected chi connectivity index (χ1v) is 7.15. The normalized spacial score (nSPS) is 11.0. The molecular weight excluding hydrogens is 290 g/mol. The van der Waals surface area contributed by atoms with E-state index in [4.69, 9.17) is 0 Å². The molecule has 0 aliphatic carbocycles. The maximum atomic E-state index is 10.9. The highest BCUT2D eigenvalue weighted by atomic mass is 16.6. The fourth-order valence-corrected chi connectivity index (χ4v) is 2.43. The molecule has 0 fully saturated rings. The molecule has 0 saturated carbocycles. The minimum atomic E-state index is -0.442. The SMILES string of the molecule is Cn1c([N+](=O)[O-])cnc1/C=C/c1ccccc1-c1ccccc1. The number of benzene rings is 2. The summed E-state index contributed by atoms with van der Waals surface area (Å²) in [6.07, 6.45) is 4.98. The number of nitro groups is 1. The van der Waals surface area contributed by atoms with Gasteiger partial charge >= 0.3 is 5.82 Å². The number of nitrogens with zero attached hydrogens (tertiary/aromatic N) is 3. The lowest BCUT2D eigenvalue weighted by Gasteiger charge is -2.05. The molecule has 0 aliphatic rings. The van der Waals surface area contributed by atoms with Gasteiger partial charge in [-0.05, 0) is 27.7 Å². The van der Waals surface area contributed by atoms with Gasteiger partial charge < -0.3 is 10.1 Å². The second-order valence-corrected chi connectivity index (χ2v) is 5.08. The summed E-state index contributed by atoms with van der Waals surface area (Å²) in [7, 11) is 1.63. The zero-order valence-corrected chi connectivity index (χ0v) is 12.6. The Morgan fingerprint density at radius 2 is 1.74 bits per heavy atom. The summed E-state index contributed by atoms with van der Waals surface area (Å²) in [5.41, 5.74) is 3.26. The average Bonchev–Trinajstić information content (AvgIpc) is 2.95. The van der Waals surface area contributed by atoms with Crippen LogP contribution in [-0.2, 0) is 7.05 Å². The van der Waals surface area contributed by atoms with E-state index in [1.807, 2.05) is 42.5 Å². The van der Waals surface area contributed by atoms with E-state index in [2.05, 4.69) is 23.2 Å². The van der Waals surface area contributed by atoms with Crippen molar-refractivity contribution in [1.82, 2.24) is 9.55 Å². The molecule has 1 aromatic heterocycles. The van der Waals surface area contributed by atoms with E-state index in [0.29, 0.717) is 5.82 Å². The molecule has 0 amide bonds. The van der Waals surface area contributed by atoms with Crippen molar-refractivity contribution in [1.29, 1.82) is 0 Å². The summed E-state index contributed by atoms with van der Waals surface area (Å²) in [5.74, 6) is 0.514. The molecule has 23 heavy (non-hydrogen) atoms. The van der Waals surface area contributed by atoms with E-state index in [0.717, 1.165) is 16.7 Å². The summed E-state index contributed by atoms with van der Waals surface area (Å²) in [6, 6.07) is 18.1. The molecule has 0 N–H and O–H groups in total. The Balaban J connectivity index is 1.97. The number of imidazole rings is 1. The van der Waals surface area contributed by atoms with Gasteiger partial charge in [0.1, 0.15) is 6.20 Å². The molecule has 0 aliphatic heterocycles. The maximum absolute atomic E-state index is 10.9. The summed E-state index contributed by atoms with van der Waals surface area (Å²) in [5, 5.41) is 10.9. The molecule has 5 nitrogen and oxygen atoms in total. The van der Waals surface area contributed by atoms with Gasteiger partial charge in [-0.1, -0.05) is 54.6 Å². The highest BCUT2D eigenvalue weighted by molar-refractivity contribution is 5.80. The van der Waals surface area contributed by atoms with Crippen molar-refractivity contribution in [3.8, 4) is 11.1 Å². The lowest BCUT2D eigenvalue weighted by Crippen LogP contribution is -1.98. The van der Waals surface area contributed by atoms with Crippen molar-refractivity contribution < 1.29 is 4.92 Å². The van der Waals surface area contributed by atoms with E-state index in [-0.39, 0.29) is 5.82 Å². The van der Waals surface area contributed by atoms with Crippen LogP contribution in [0.25, 0.3) is 23.3 Å². The monoisotopic (exact) mass is 305 g/mol. The van der Waals surface area contributed by atoms with E-state index >= 15 is 0 Å². The van der Waals surface area contributed by atoms with Gasteiger partial charge in [0, 0.05) is 6.08 Å². The first-order valence-electron chi connectivity index (χ1n) is 7.15. The molecule has 3 rings (SSSR count). The number of hydrogen-bond donors (Lipinski definition) is 0.